The third kappa shape index (κ3) is 4.34. The van der Waals surface area contributed by atoms with Crippen LogP contribution in [0, 0.1) is 12.7 Å². The molecule has 0 heterocycles. The molecule has 1 fully saturated rings. The van der Waals surface area contributed by atoms with E-state index in [0.29, 0.717) is 24.2 Å². The number of carbonyl (C=O) groups excluding carboxylic acids is 1. The summed E-state index contributed by atoms with van der Waals surface area (Å²) in [6, 6.07) is 4.86. The Kier molecular flexibility index (Phi) is 4.40. The van der Waals surface area contributed by atoms with Crippen LogP contribution in [0.25, 0.3) is 0 Å². The van der Waals surface area contributed by atoms with Gasteiger partial charge in [0.25, 0.3) is 0 Å². The van der Waals surface area contributed by atoms with Crippen LogP contribution in [0.5, 0.6) is 5.75 Å². The van der Waals surface area contributed by atoms with E-state index in [1.54, 1.807) is 19.1 Å². The standard InChI is InChI=1S/C16H22FNO3/c1-10-13(17)6-5-7-14(10)20-12-8-11(9-12)18-15(19)21-16(2,3)4/h5-7,11-12H,8-9H2,1-4H3,(H,18,19). The van der Waals surface area contributed by atoms with Gasteiger partial charge in [0.05, 0.1) is 0 Å². The molecule has 1 aromatic carbocycles. The molecular weight excluding hydrogens is 273 g/mol. The molecule has 0 unspecified atom stereocenters. The first-order chi connectivity index (χ1) is 9.74. The summed E-state index contributed by atoms with van der Waals surface area (Å²) in [5, 5.41) is 2.80. The van der Waals surface area contributed by atoms with Crippen molar-refractivity contribution in [3.05, 3.63) is 29.6 Å². The molecule has 0 saturated heterocycles. The van der Waals surface area contributed by atoms with Crippen LogP contribution in [0.15, 0.2) is 18.2 Å². The van der Waals surface area contributed by atoms with Gasteiger partial charge in [-0.3, -0.25) is 0 Å². The highest BCUT2D eigenvalue weighted by Gasteiger charge is 2.33. The molecule has 1 amide bonds. The topological polar surface area (TPSA) is 47.6 Å². The van der Waals surface area contributed by atoms with Gasteiger partial charge in [-0.1, -0.05) is 6.07 Å². The number of benzene rings is 1. The Bertz CT molecular complexity index is 519. The van der Waals surface area contributed by atoms with Gasteiger partial charge in [0.15, 0.2) is 0 Å². The first kappa shape index (κ1) is 15.6. The highest BCUT2D eigenvalue weighted by atomic mass is 19.1. The summed E-state index contributed by atoms with van der Waals surface area (Å²) < 4.78 is 24.3. The number of ether oxygens (including phenoxy) is 2. The number of halogens is 1. The first-order valence-corrected chi connectivity index (χ1v) is 7.16. The normalized spacial score (nSPS) is 21.4. The lowest BCUT2D eigenvalue weighted by atomic mass is 9.89. The van der Waals surface area contributed by atoms with E-state index in [1.807, 2.05) is 20.8 Å². The van der Waals surface area contributed by atoms with E-state index in [1.165, 1.54) is 6.07 Å². The van der Waals surface area contributed by atoms with E-state index in [9.17, 15) is 9.18 Å². The minimum atomic E-state index is -0.498. The van der Waals surface area contributed by atoms with Crippen LogP contribution in [0.2, 0.25) is 0 Å². The summed E-state index contributed by atoms with van der Waals surface area (Å²) in [6.07, 6.45) is 1.00. The molecule has 1 aliphatic rings. The van der Waals surface area contributed by atoms with Gasteiger partial charge in [0.2, 0.25) is 0 Å². The highest BCUT2D eigenvalue weighted by molar-refractivity contribution is 5.68. The summed E-state index contributed by atoms with van der Waals surface area (Å²) in [5.41, 5.74) is 0.0173. The van der Waals surface area contributed by atoms with E-state index < -0.39 is 11.7 Å². The third-order valence-electron chi connectivity index (χ3n) is 3.33. The Labute approximate surface area is 124 Å². The molecule has 0 bridgehead atoms. The van der Waals surface area contributed by atoms with Crippen molar-refractivity contribution in [2.24, 2.45) is 0 Å². The number of hydrogen-bond acceptors (Lipinski definition) is 3. The van der Waals surface area contributed by atoms with Crippen LogP contribution < -0.4 is 10.1 Å². The van der Waals surface area contributed by atoms with Crippen molar-refractivity contribution in [3.8, 4) is 5.75 Å². The Morgan fingerprint density at radius 3 is 2.62 bits per heavy atom. The number of alkyl carbamates (subject to hydrolysis) is 1. The van der Waals surface area contributed by atoms with Crippen molar-refractivity contribution in [2.75, 3.05) is 0 Å². The first-order valence-electron chi connectivity index (χ1n) is 7.16. The average Bonchev–Trinajstić information content (AvgIpc) is 2.29. The molecule has 5 heteroatoms. The van der Waals surface area contributed by atoms with E-state index >= 15 is 0 Å². The smallest absolute Gasteiger partial charge is 0.407 e. The molecule has 21 heavy (non-hydrogen) atoms. The van der Waals surface area contributed by atoms with Crippen LogP contribution in [-0.4, -0.2) is 23.8 Å². The molecule has 0 atom stereocenters. The largest absolute Gasteiger partial charge is 0.490 e. The molecule has 1 saturated carbocycles. The summed E-state index contributed by atoms with van der Waals surface area (Å²) in [6.45, 7) is 7.17. The molecule has 0 spiro atoms. The molecule has 116 valence electrons. The fraction of sp³-hybridized carbons (Fsp3) is 0.562. The zero-order chi connectivity index (χ0) is 15.6. The second kappa shape index (κ2) is 5.92. The fourth-order valence-corrected chi connectivity index (χ4v) is 2.15. The molecule has 1 aliphatic carbocycles. The van der Waals surface area contributed by atoms with Crippen LogP contribution in [0.1, 0.15) is 39.2 Å². The number of hydrogen-bond donors (Lipinski definition) is 1. The highest BCUT2D eigenvalue weighted by Crippen LogP contribution is 2.29. The Morgan fingerprint density at radius 1 is 1.33 bits per heavy atom. The second-order valence-electron chi connectivity index (χ2n) is 6.42. The average molecular weight is 295 g/mol. The summed E-state index contributed by atoms with van der Waals surface area (Å²) in [5.74, 6) is 0.297. The van der Waals surface area contributed by atoms with Crippen LogP contribution >= 0.6 is 0 Å². The fourth-order valence-electron chi connectivity index (χ4n) is 2.15. The predicted molar refractivity (Wildman–Crippen MR) is 77.9 cm³/mol. The zero-order valence-corrected chi connectivity index (χ0v) is 12.9. The van der Waals surface area contributed by atoms with E-state index in [2.05, 4.69) is 5.32 Å². The van der Waals surface area contributed by atoms with Crippen LogP contribution in [0.3, 0.4) is 0 Å². The van der Waals surface area contributed by atoms with Gasteiger partial charge in [-0.25, -0.2) is 9.18 Å². The van der Waals surface area contributed by atoms with Crippen molar-refractivity contribution in [3.63, 3.8) is 0 Å². The van der Waals surface area contributed by atoms with Gasteiger partial charge < -0.3 is 14.8 Å². The van der Waals surface area contributed by atoms with Gasteiger partial charge in [-0.05, 0) is 39.8 Å². The van der Waals surface area contributed by atoms with Crippen molar-refractivity contribution in [2.45, 2.75) is 58.3 Å². The van der Waals surface area contributed by atoms with Crippen LogP contribution in [-0.2, 0) is 4.74 Å². The van der Waals surface area contributed by atoms with E-state index in [-0.39, 0.29) is 18.0 Å². The Morgan fingerprint density at radius 2 is 2.00 bits per heavy atom. The van der Waals surface area contributed by atoms with Gasteiger partial charge in [0.1, 0.15) is 23.3 Å². The van der Waals surface area contributed by atoms with Crippen molar-refractivity contribution < 1.29 is 18.7 Å². The Balaban J connectivity index is 1.77. The molecule has 0 aliphatic heterocycles. The Hall–Kier alpha value is -1.78. The SMILES string of the molecule is Cc1c(F)cccc1OC1CC(NC(=O)OC(C)(C)C)C1. The van der Waals surface area contributed by atoms with Crippen molar-refractivity contribution in [1.82, 2.24) is 5.32 Å². The van der Waals surface area contributed by atoms with Gasteiger partial charge in [0, 0.05) is 24.4 Å². The lowest BCUT2D eigenvalue weighted by Crippen LogP contribution is -2.50. The maximum absolute atomic E-state index is 13.4. The number of nitrogens with one attached hydrogen (secondary N) is 1. The van der Waals surface area contributed by atoms with Crippen molar-refractivity contribution in [1.29, 1.82) is 0 Å². The lowest BCUT2D eigenvalue weighted by molar-refractivity contribution is 0.0361. The number of rotatable bonds is 3. The predicted octanol–water partition coefficient (Wildman–Crippen LogP) is 3.57. The molecule has 0 aromatic heterocycles. The summed E-state index contributed by atoms with van der Waals surface area (Å²) in [7, 11) is 0. The number of carbonyl (C=O) groups is 1. The molecular formula is C16H22FNO3. The lowest BCUT2D eigenvalue weighted by Gasteiger charge is -2.36. The molecule has 0 radical (unpaired) electrons. The summed E-state index contributed by atoms with van der Waals surface area (Å²) in [4.78, 5) is 11.6. The van der Waals surface area contributed by atoms with Gasteiger partial charge in [-0.15, -0.1) is 0 Å². The summed E-state index contributed by atoms with van der Waals surface area (Å²) >= 11 is 0. The van der Waals surface area contributed by atoms with E-state index in [4.69, 9.17) is 9.47 Å². The molecule has 1 N–H and O–H groups in total. The van der Waals surface area contributed by atoms with Gasteiger partial charge in [-0.2, -0.15) is 0 Å². The monoisotopic (exact) mass is 295 g/mol. The van der Waals surface area contributed by atoms with Gasteiger partial charge >= 0.3 is 6.09 Å². The molecule has 2 rings (SSSR count). The number of amides is 1. The quantitative estimate of drug-likeness (QED) is 0.927. The van der Waals surface area contributed by atoms with Crippen molar-refractivity contribution >= 4 is 6.09 Å². The van der Waals surface area contributed by atoms with E-state index in [0.717, 1.165) is 0 Å². The maximum Gasteiger partial charge on any atom is 0.407 e. The molecule has 1 aromatic rings. The maximum atomic E-state index is 13.4. The third-order valence-corrected chi connectivity index (χ3v) is 3.33. The minimum absolute atomic E-state index is 0.00503. The van der Waals surface area contributed by atoms with Crippen LogP contribution in [0.4, 0.5) is 9.18 Å². The minimum Gasteiger partial charge on any atom is -0.490 e. The zero-order valence-electron chi connectivity index (χ0n) is 12.9. The second-order valence-corrected chi connectivity index (χ2v) is 6.42. The molecule has 4 nitrogen and oxygen atoms in total.